The Bertz CT molecular complexity index is 784. The van der Waals surface area contributed by atoms with Crippen LogP contribution in [0.3, 0.4) is 0 Å². The molecule has 3 nitrogen and oxygen atoms in total. The van der Waals surface area contributed by atoms with Crippen LogP contribution in [0, 0.1) is 0 Å². The van der Waals surface area contributed by atoms with Crippen LogP contribution >= 0.6 is 15.9 Å². The van der Waals surface area contributed by atoms with E-state index >= 15 is 0 Å². The first-order chi connectivity index (χ1) is 10.0. The highest BCUT2D eigenvalue weighted by Crippen LogP contribution is 2.58. The molecule has 2 bridgehead atoms. The molecule has 0 radical (unpaired) electrons. The third-order valence-electron chi connectivity index (χ3n) is 4.43. The fourth-order valence-electron chi connectivity index (χ4n) is 3.45. The molecule has 2 unspecified atom stereocenters. The van der Waals surface area contributed by atoms with Crippen LogP contribution in [0.25, 0.3) is 0 Å². The highest BCUT2D eigenvalue weighted by Gasteiger charge is 2.51. The van der Waals surface area contributed by atoms with E-state index in [0.29, 0.717) is 5.56 Å². The maximum Gasteiger partial charge on any atom is 0.337 e. The molecule has 2 aliphatic heterocycles. The van der Waals surface area contributed by atoms with Crippen LogP contribution in [0.15, 0.2) is 40.9 Å². The van der Waals surface area contributed by atoms with Gasteiger partial charge in [0.25, 0.3) is 0 Å². The summed E-state index contributed by atoms with van der Waals surface area (Å²) in [6.07, 6.45) is -0.109. The second-order valence-corrected chi connectivity index (χ2v) is 6.47. The maximum absolute atomic E-state index is 11.7. The van der Waals surface area contributed by atoms with Gasteiger partial charge in [0, 0.05) is 4.47 Å². The zero-order chi connectivity index (χ0) is 14.8. The van der Waals surface area contributed by atoms with E-state index in [0.717, 1.165) is 15.6 Å². The van der Waals surface area contributed by atoms with E-state index in [1.54, 1.807) is 6.07 Å². The van der Waals surface area contributed by atoms with Gasteiger partial charge in [0.15, 0.2) is 0 Å². The molecule has 4 heteroatoms. The molecule has 0 saturated heterocycles. The molecule has 0 aromatic heterocycles. The number of hydrogen-bond acceptors (Lipinski definition) is 3. The molecule has 21 heavy (non-hydrogen) atoms. The Hall–Kier alpha value is -1.65. The molecule has 2 aromatic carbocycles. The fourth-order valence-corrected chi connectivity index (χ4v) is 3.82. The Morgan fingerprint density at radius 3 is 2.57 bits per heavy atom. The minimum Gasteiger partial charge on any atom is -0.465 e. The molecule has 0 fully saturated rings. The minimum absolute atomic E-state index is 0.109. The monoisotopic (exact) mass is 344 g/mol. The smallest absolute Gasteiger partial charge is 0.337 e. The van der Waals surface area contributed by atoms with E-state index in [2.05, 4.69) is 35.0 Å². The summed E-state index contributed by atoms with van der Waals surface area (Å²) in [5.41, 5.74) is 4.70. The number of halogens is 1. The molecule has 0 N–H and O–H groups in total. The third-order valence-corrected chi connectivity index (χ3v) is 4.93. The molecule has 2 heterocycles. The van der Waals surface area contributed by atoms with E-state index in [1.165, 1.54) is 18.2 Å². The van der Waals surface area contributed by atoms with Crippen molar-refractivity contribution in [2.45, 2.75) is 18.6 Å². The number of esters is 1. The lowest BCUT2D eigenvalue weighted by Gasteiger charge is -2.24. The van der Waals surface area contributed by atoms with Crippen molar-refractivity contribution in [2.75, 3.05) is 7.11 Å². The van der Waals surface area contributed by atoms with Gasteiger partial charge in [-0.15, -0.1) is 0 Å². The molecule has 2 aromatic rings. The topological polar surface area (TPSA) is 35.5 Å². The summed E-state index contributed by atoms with van der Waals surface area (Å²) >= 11 is 3.51. The first-order valence-corrected chi connectivity index (χ1v) is 7.54. The minimum atomic E-state index is -0.426. The summed E-state index contributed by atoms with van der Waals surface area (Å²) in [4.78, 5) is 11.7. The lowest BCUT2D eigenvalue weighted by molar-refractivity contribution is 0.00900. The van der Waals surface area contributed by atoms with Gasteiger partial charge in [0.2, 0.25) is 0 Å². The van der Waals surface area contributed by atoms with E-state index < -0.39 is 5.60 Å². The Morgan fingerprint density at radius 1 is 1.19 bits per heavy atom. The van der Waals surface area contributed by atoms with Gasteiger partial charge in [-0.3, -0.25) is 0 Å². The number of ether oxygens (including phenoxy) is 2. The van der Waals surface area contributed by atoms with Crippen LogP contribution < -0.4 is 0 Å². The van der Waals surface area contributed by atoms with Gasteiger partial charge in [-0.05, 0) is 53.4 Å². The lowest BCUT2D eigenvalue weighted by atomic mass is 9.78. The highest BCUT2D eigenvalue weighted by molar-refractivity contribution is 9.10. The quantitative estimate of drug-likeness (QED) is 0.735. The fraction of sp³-hybridized carbons (Fsp3) is 0.235. The number of benzene rings is 2. The van der Waals surface area contributed by atoms with Crippen molar-refractivity contribution in [3.05, 3.63) is 68.7 Å². The van der Waals surface area contributed by atoms with E-state index in [-0.39, 0.29) is 12.1 Å². The Kier molecular flexibility index (Phi) is 2.60. The molecule has 0 saturated carbocycles. The van der Waals surface area contributed by atoms with Crippen molar-refractivity contribution in [2.24, 2.45) is 0 Å². The standard InChI is InChI=1S/C17H13BrO3/c1-17-13-5-3-9(16(19)20-2)7-11(13)15(21-17)12-8-10(18)4-6-14(12)17/h3-8,15H,1-2H3. The number of carbonyl (C=O) groups excluding carboxylic acids is 1. The zero-order valence-electron chi connectivity index (χ0n) is 11.6. The van der Waals surface area contributed by atoms with Crippen LogP contribution in [-0.4, -0.2) is 13.1 Å². The molecule has 0 amide bonds. The number of methoxy groups -OCH3 is 1. The van der Waals surface area contributed by atoms with E-state index in [9.17, 15) is 4.79 Å². The van der Waals surface area contributed by atoms with Crippen LogP contribution in [0.5, 0.6) is 0 Å². The Balaban J connectivity index is 1.91. The van der Waals surface area contributed by atoms with Gasteiger partial charge < -0.3 is 9.47 Å². The van der Waals surface area contributed by atoms with Gasteiger partial charge in [-0.2, -0.15) is 0 Å². The summed E-state index contributed by atoms with van der Waals surface area (Å²) < 4.78 is 12.1. The van der Waals surface area contributed by atoms with Gasteiger partial charge in [-0.25, -0.2) is 4.79 Å². The molecular weight excluding hydrogens is 332 g/mol. The van der Waals surface area contributed by atoms with E-state index in [1.807, 2.05) is 18.2 Å². The van der Waals surface area contributed by atoms with Gasteiger partial charge in [0.1, 0.15) is 11.7 Å². The van der Waals surface area contributed by atoms with Crippen molar-refractivity contribution < 1.29 is 14.3 Å². The lowest BCUT2D eigenvalue weighted by Crippen LogP contribution is -2.20. The maximum atomic E-state index is 11.7. The van der Waals surface area contributed by atoms with Gasteiger partial charge >= 0.3 is 5.97 Å². The summed E-state index contributed by atoms with van der Waals surface area (Å²) in [7, 11) is 1.39. The van der Waals surface area contributed by atoms with Crippen molar-refractivity contribution in [3.8, 4) is 0 Å². The van der Waals surface area contributed by atoms with Crippen molar-refractivity contribution >= 4 is 21.9 Å². The van der Waals surface area contributed by atoms with Gasteiger partial charge in [-0.1, -0.05) is 28.1 Å². The predicted molar refractivity (Wildman–Crippen MR) is 81.3 cm³/mol. The van der Waals surface area contributed by atoms with Crippen molar-refractivity contribution in [1.82, 2.24) is 0 Å². The molecular formula is C17H13BrO3. The number of fused-ring (bicyclic) bond motifs is 8. The summed E-state index contributed by atoms with van der Waals surface area (Å²) in [5.74, 6) is -0.319. The first kappa shape index (κ1) is 13.0. The normalized spacial score (nSPS) is 24.6. The van der Waals surface area contributed by atoms with Crippen molar-refractivity contribution in [3.63, 3.8) is 0 Å². The summed E-state index contributed by atoms with van der Waals surface area (Å²) in [5, 5.41) is 0. The van der Waals surface area contributed by atoms with Crippen LogP contribution in [0.1, 0.15) is 45.6 Å². The molecule has 2 aliphatic rings. The number of hydrogen-bond donors (Lipinski definition) is 0. The Labute approximate surface area is 131 Å². The van der Waals surface area contributed by atoms with Crippen molar-refractivity contribution in [1.29, 1.82) is 0 Å². The summed E-state index contributed by atoms with van der Waals surface area (Å²) in [6.45, 7) is 2.09. The molecule has 0 spiro atoms. The summed E-state index contributed by atoms with van der Waals surface area (Å²) in [6, 6.07) is 11.9. The largest absolute Gasteiger partial charge is 0.465 e. The van der Waals surface area contributed by atoms with Gasteiger partial charge in [0.05, 0.1) is 12.7 Å². The van der Waals surface area contributed by atoms with Crippen LogP contribution in [-0.2, 0) is 15.1 Å². The van der Waals surface area contributed by atoms with Crippen LogP contribution in [0.2, 0.25) is 0 Å². The first-order valence-electron chi connectivity index (χ1n) is 6.75. The predicted octanol–water partition coefficient (Wildman–Crippen LogP) is 3.93. The molecule has 2 atom stereocenters. The number of rotatable bonds is 1. The number of carbonyl (C=O) groups is 1. The average molecular weight is 345 g/mol. The molecule has 0 aliphatic carbocycles. The Morgan fingerprint density at radius 2 is 1.86 bits per heavy atom. The SMILES string of the molecule is COC(=O)c1ccc2c(c1)C1OC2(C)c2ccc(Br)cc21. The third kappa shape index (κ3) is 1.60. The molecule has 106 valence electrons. The zero-order valence-corrected chi connectivity index (χ0v) is 13.2. The second kappa shape index (κ2) is 4.18. The average Bonchev–Trinajstić information content (AvgIpc) is 2.95. The van der Waals surface area contributed by atoms with Crippen LogP contribution in [0.4, 0.5) is 0 Å². The molecule has 4 rings (SSSR count). The highest BCUT2D eigenvalue weighted by atomic mass is 79.9. The van der Waals surface area contributed by atoms with E-state index in [4.69, 9.17) is 9.47 Å². The second-order valence-electron chi connectivity index (χ2n) is 5.56.